The second-order valence-corrected chi connectivity index (χ2v) is 5.69. The molecule has 1 aliphatic carbocycles. The highest BCUT2D eigenvalue weighted by atomic mass is 127. The van der Waals surface area contributed by atoms with Crippen molar-refractivity contribution in [2.45, 2.75) is 32.5 Å². The molecule has 0 saturated heterocycles. The topological polar surface area (TPSA) is 27.6 Å². The summed E-state index contributed by atoms with van der Waals surface area (Å²) in [5, 5.41) is 3.22. The van der Waals surface area contributed by atoms with Gasteiger partial charge < -0.3 is 10.2 Å². The zero-order chi connectivity index (χ0) is 16.2. The third kappa shape index (κ3) is 6.56. The van der Waals surface area contributed by atoms with Gasteiger partial charge in [-0.15, -0.1) is 24.0 Å². The summed E-state index contributed by atoms with van der Waals surface area (Å²) < 4.78 is 37.7. The molecule has 1 fully saturated rings. The maximum absolute atomic E-state index is 12.6. The molecule has 130 valence electrons. The highest BCUT2D eigenvalue weighted by molar-refractivity contribution is 14.0. The molecule has 2 rings (SSSR count). The number of hydrogen-bond acceptors (Lipinski definition) is 1. The van der Waals surface area contributed by atoms with Gasteiger partial charge in [0.1, 0.15) is 0 Å². The third-order valence-electron chi connectivity index (χ3n) is 3.59. The van der Waals surface area contributed by atoms with E-state index >= 15 is 0 Å². The van der Waals surface area contributed by atoms with Crippen molar-refractivity contribution in [1.82, 2.24) is 10.2 Å². The molecule has 3 nitrogen and oxygen atoms in total. The minimum absolute atomic E-state index is 0. The Labute approximate surface area is 152 Å². The van der Waals surface area contributed by atoms with E-state index in [0.29, 0.717) is 12.5 Å². The van der Waals surface area contributed by atoms with Crippen molar-refractivity contribution in [2.75, 3.05) is 20.1 Å². The zero-order valence-corrected chi connectivity index (χ0v) is 15.7. The average molecular weight is 441 g/mol. The predicted octanol–water partition coefficient (Wildman–Crippen LogP) is 4.13. The summed E-state index contributed by atoms with van der Waals surface area (Å²) in [6.07, 6.45) is -1.80. The second kappa shape index (κ2) is 8.75. The van der Waals surface area contributed by atoms with Crippen LogP contribution >= 0.6 is 24.0 Å². The van der Waals surface area contributed by atoms with E-state index in [9.17, 15) is 13.2 Å². The van der Waals surface area contributed by atoms with Crippen molar-refractivity contribution in [1.29, 1.82) is 0 Å². The number of rotatable bonds is 5. The number of guanidine groups is 1. The number of hydrogen-bond donors (Lipinski definition) is 1. The van der Waals surface area contributed by atoms with Crippen LogP contribution in [0.5, 0.6) is 0 Å². The highest BCUT2D eigenvalue weighted by Gasteiger charge is 2.30. The molecule has 0 aromatic heterocycles. The molecule has 0 unspecified atom stereocenters. The van der Waals surface area contributed by atoms with Crippen LogP contribution in [-0.4, -0.2) is 31.0 Å². The lowest BCUT2D eigenvalue weighted by Crippen LogP contribution is -2.38. The number of alkyl halides is 3. The summed E-state index contributed by atoms with van der Waals surface area (Å²) in [5.74, 6) is 1.50. The van der Waals surface area contributed by atoms with Gasteiger partial charge in [-0.25, -0.2) is 0 Å². The molecule has 0 heterocycles. The van der Waals surface area contributed by atoms with Gasteiger partial charge in [0.25, 0.3) is 0 Å². The van der Waals surface area contributed by atoms with E-state index < -0.39 is 11.7 Å². The summed E-state index contributed by atoms with van der Waals surface area (Å²) in [5.41, 5.74) is 0.209. The van der Waals surface area contributed by atoms with Gasteiger partial charge in [-0.2, -0.15) is 13.2 Å². The molecule has 1 aliphatic rings. The quantitative estimate of drug-likeness (QED) is 0.423. The van der Waals surface area contributed by atoms with Crippen LogP contribution in [0.25, 0.3) is 0 Å². The Kier molecular flexibility index (Phi) is 7.63. The van der Waals surface area contributed by atoms with Gasteiger partial charge in [0, 0.05) is 26.7 Å². The van der Waals surface area contributed by atoms with Crippen LogP contribution < -0.4 is 5.32 Å². The van der Waals surface area contributed by atoms with Gasteiger partial charge in [0.2, 0.25) is 0 Å². The van der Waals surface area contributed by atoms with Gasteiger partial charge in [-0.05, 0) is 43.4 Å². The van der Waals surface area contributed by atoms with Crippen molar-refractivity contribution in [3.05, 3.63) is 35.4 Å². The van der Waals surface area contributed by atoms with E-state index in [4.69, 9.17) is 0 Å². The fourth-order valence-electron chi connectivity index (χ4n) is 2.13. The Bertz CT molecular complexity index is 510. The summed E-state index contributed by atoms with van der Waals surface area (Å²) >= 11 is 0. The lowest BCUT2D eigenvalue weighted by molar-refractivity contribution is -0.137. The molecule has 0 spiro atoms. The van der Waals surface area contributed by atoms with Crippen LogP contribution in [0.15, 0.2) is 29.3 Å². The molecule has 1 N–H and O–H groups in total. The van der Waals surface area contributed by atoms with E-state index in [1.165, 1.54) is 25.0 Å². The molecule has 0 radical (unpaired) electrons. The van der Waals surface area contributed by atoms with Crippen molar-refractivity contribution in [3.63, 3.8) is 0 Å². The first-order chi connectivity index (χ1) is 10.4. The smallest absolute Gasteiger partial charge is 0.357 e. The van der Waals surface area contributed by atoms with Crippen LogP contribution in [0.2, 0.25) is 0 Å². The molecule has 0 amide bonds. The molecule has 7 heteroatoms. The van der Waals surface area contributed by atoms with Crippen LogP contribution in [0, 0.1) is 5.92 Å². The molecule has 23 heavy (non-hydrogen) atoms. The van der Waals surface area contributed by atoms with Gasteiger partial charge in [0.05, 0.1) is 5.56 Å². The lowest BCUT2D eigenvalue weighted by atomic mass is 10.1. The van der Waals surface area contributed by atoms with Crippen molar-refractivity contribution >= 4 is 29.9 Å². The molecule has 0 atom stereocenters. The minimum atomic E-state index is -4.29. The molecular weight excluding hydrogens is 418 g/mol. The number of nitrogens with zero attached hydrogens (tertiary/aromatic N) is 2. The Balaban J connectivity index is 0.00000264. The first-order valence-electron chi connectivity index (χ1n) is 7.55. The lowest BCUT2D eigenvalue weighted by Gasteiger charge is -2.22. The summed E-state index contributed by atoms with van der Waals surface area (Å²) in [6.45, 7) is 4.10. The number of nitrogens with one attached hydrogen (secondary N) is 1. The molecule has 1 aromatic carbocycles. The van der Waals surface area contributed by atoms with Gasteiger partial charge in [0.15, 0.2) is 5.96 Å². The van der Waals surface area contributed by atoms with Gasteiger partial charge in [-0.1, -0.05) is 12.1 Å². The fourth-order valence-corrected chi connectivity index (χ4v) is 2.13. The van der Waals surface area contributed by atoms with Crippen LogP contribution in [0.3, 0.4) is 0 Å². The Morgan fingerprint density at radius 3 is 2.35 bits per heavy atom. The van der Waals surface area contributed by atoms with Crippen molar-refractivity contribution in [2.24, 2.45) is 10.9 Å². The monoisotopic (exact) mass is 441 g/mol. The van der Waals surface area contributed by atoms with E-state index in [1.54, 1.807) is 0 Å². The van der Waals surface area contributed by atoms with E-state index in [-0.39, 0.29) is 24.0 Å². The van der Waals surface area contributed by atoms with Gasteiger partial charge in [-0.3, -0.25) is 4.99 Å². The number of aliphatic imine (C=N–C) groups is 1. The van der Waals surface area contributed by atoms with Crippen molar-refractivity contribution in [3.8, 4) is 0 Å². The van der Waals surface area contributed by atoms with E-state index in [1.807, 2.05) is 18.9 Å². The SMILES string of the molecule is CCNC(=NCC1CC1)N(C)Cc1ccc(C(F)(F)F)cc1.I. The Hall–Kier alpha value is -0.990. The highest BCUT2D eigenvalue weighted by Crippen LogP contribution is 2.29. The molecule has 0 bridgehead atoms. The number of halogens is 4. The third-order valence-corrected chi connectivity index (χ3v) is 3.59. The Morgan fingerprint density at radius 1 is 1.26 bits per heavy atom. The van der Waals surface area contributed by atoms with Crippen LogP contribution in [-0.2, 0) is 12.7 Å². The molecule has 1 saturated carbocycles. The maximum atomic E-state index is 12.6. The normalized spacial score (nSPS) is 15.1. The fraction of sp³-hybridized carbons (Fsp3) is 0.562. The summed E-state index contributed by atoms with van der Waals surface area (Å²) in [6, 6.07) is 5.28. The average Bonchev–Trinajstić information content (AvgIpc) is 3.27. The minimum Gasteiger partial charge on any atom is -0.357 e. The second-order valence-electron chi connectivity index (χ2n) is 5.69. The summed E-state index contributed by atoms with van der Waals surface area (Å²) in [7, 11) is 1.89. The zero-order valence-electron chi connectivity index (χ0n) is 13.4. The summed E-state index contributed by atoms with van der Waals surface area (Å²) in [4.78, 5) is 6.52. The van der Waals surface area contributed by atoms with E-state index in [2.05, 4.69) is 10.3 Å². The predicted molar refractivity (Wildman–Crippen MR) is 97.0 cm³/mol. The first-order valence-corrected chi connectivity index (χ1v) is 7.55. The number of benzene rings is 1. The van der Waals surface area contributed by atoms with Crippen LogP contribution in [0.4, 0.5) is 13.2 Å². The molecule has 1 aromatic rings. The molecule has 0 aliphatic heterocycles. The molecular formula is C16H23F3IN3. The van der Waals surface area contributed by atoms with Gasteiger partial charge >= 0.3 is 6.18 Å². The maximum Gasteiger partial charge on any atom is 0.416 e. The standard InChI is InChI=1S/C16H22F3N3.HI/c1-3-20-15(21-10-12-4-5-12)22(2)11-13-6-8-14(9-7-13)16(17,18)19;/h6-9,12H,3-5,10-11H2,1-2H3,(H,20,21);1H. The first kappa shape index (κ1) is 20.1. The largest absolute Gasteiger partial charge is 0.416 e. The van der Waals surface area contributed by atoms with Crippen LogP contribution in [0.1, 0.15) is 30.9 Å². The van der Waals surface area contributed by atoms with Crippen molar-refractivity contribution < 1.29 is 13.2 Å². The Morgan fingerprint density at radius 2 is 1.87 bits per heavy atom. The van der Waals surface area contributed by atoms with E-state index in [0.717, 1.165) is 36.7 Å².